The van der Waals surface area contributed by atoms with Gasteiger partial charge in [-0.1, -0.05) is 0 Å². The van der Waals surface area contributed by atoms with Crippen molar-refractivity contribution in [3.63, 3.8) is 0 Å². The Hall–Kier alpha value is -1.41. The van der Waals surface area contributed by atoms with Crippen LogP contribution >= 0.6 is 0 Å². The summed E-state index contributed by atoms with van der Waals surface area (Å²) in [5.41, 5.74) is 1.17. The number of aromatic amines is 1. The normalized spacial score (nSPS) is 17.4. The number of hydrogen-bond acceptors (Lipinski definition) is 5. The molecule has 0 spiro atoms. The molecule has 8 heteroatoms. The van der Waals surface area contributed by atoms with Crippen molar-refractivity contribution in [1.29, 1.82) is 0 Å². The monoisotopic (exact) mass is 300 g/mol. The van der Waals surface area contributed by atoms with Gasteiger partial charge < -0.3 is 4.90 Å². The van der Waals surface area contributed by atoms with Gasteiger partial charge in [-0.2, -0.15) is 4.31 Å². The second-order valence-electron chi connectivity index (χ2n) is 4.89. The van der Waals surface area contributed by atoms with Gasteiger partial charge in [-0.15, -0.1) is 0 Å². The first-order valence-electron chi connectivity index (χ1n) is 6.65. The summed E-state index contributed by atoms with van der Waals surface area (Å²) in [5.74, 6) is 0.637. The Morgan fingerprint density at radius 3 is 2.30 bits per heavy atom. The minimum Gasteiger partial charge on any atom is -0.340 e. The van der Waals surface area contributed by atoms with E-state index in [1.54, 1.807) is 20.8 Å². The molecule has 2 heterocycles. The molecule has 1 saturated heterocycles. The smallest absolute Gasteiger partial charge is 0.255 e. The maximum absolute atomic E-state index is 11.8. The van der Waals surface area contributed by atoms with E-state index in [4.69, 9.17) is 0 Å². The Morgan fingerprint density at radius 1 is 1.20 bits per heavy atom. The molecule has 1 aliphatic heterocycles. The number of aryl methyl sites for hydroxylation is 1. The van der Waals surface area contributed by atoms with Gasteiger partial charge in [0.25, 0.3) is 5.56 Å². The van der Waals surface area contributed by atoms with Gasteiger partial charge in [0.05, 0.1) is 5.75 Å². The summed E-state index contributed by atoms with van der Waals surface area (Å²) in [6, 6.07) is 0. The summed E-state index contributed by atoms with van der Waals surface area (Å²) in [4.78, 5) is 20.8. The number of aromatic nitrogens is 2. The molecule has 1 aromatic heterocycles. The largest absolute Gasteiger partial charge is 0.340 e. The lowest BCUT2D eigenvalue weighted by Gasteiger charge is -2.34. The topological polar surface area (TPSA) is 86.4 Å². The van der Waals surface area contributed by atoms with Crippen molar-refractivity contribution >= 4 is 16.0 Å². The van der Waals surface area contributed by atoms with E-state index in [-0.39, 0.29) is 11.3 Å². The maximum Gasteiger partial charge on any atom is 0.255 e. The van der Waals surface area contributed by atoms with E-state index in [0.29, 0.717) is 43.4 Å². The molecule has 1 fully saturated rings. The van der Waals surface area contributed by atoms with Crippen LogP contribution in [0.5, 0.6) is 0 Å². The fourth-order valence-corrected chi connectivity index (χ4v) is 3.23. The van der Waals surface area contributed by atoms with E-state index in [9.17, 15) is 13.2 Å². The van der Waals surface area contributed by atoms with Gasteiger partial charge in [-0.25, -0.2) is 13.4 Å². The van der Waals surface area contributed by atoms with Crippen molar-refractivity contribution in [3.8, 4) is 0 Å². The Morgan fingerprint density at radius 2 is 1.80 bits per heavy atom. The lowest BCUT2D eigenvalue weighted by molar-refractivity contribution is 0.383. The summed E-state index contributed by atoms with van der Waals surface area (Å²) in [6.45, 7) is 7.08. The maximum atomic E-state index is 11.8. The van der Waals surface area contributed by atoms with E-state index < -0.39 is 10.0 Å². The van der Waals surface area contributed by atoms with E-state index in [1.807, 2.05) is 4.90 Å². The second kappa shape index (κ2) is 5.53. The lowest BCUT2D eigenvalue weighted by Crippen LogP contribution is -2.50. The molecule has 0 atom stereocenters. The van der Waals surface area contributed by atoms with Crippen molar-refractivity contribution in [3.05, 3.63) is 21.6 Å². The van der Waals surface area contributed by atoms with Crippen LogP contribution in [0.15, 0.2) is 4.79 Å². The van der Waals surface area contributed by atoms with Gasteiger partial charge in [-0.05, 0) is 20.8 Å². The van der Waals surface area contributed by atoms with Crippen LogP contribution in [-0.4, -0.2) is 54.6 Å². The van der Waals surface area contributed by atoms with Crippen molar-refractivity contribution in [2.24, 2.45) is 0 Å². The zero-order valence-corrected chi connectivity index (χ0v) is 12.8. The number of nitrogens with one attached hydrogen (secondary N) is 1. The van der Waals surface area contributed by atoms with Gasteiger partial charge in [0.2, 0.25) is 16.0 Å². The Labute approximate surface area is 118 Å². The summed E-state index contributed by atoms with van der Waals surface area (Å²) in [7, 11) is -3.14. The molecule has 2 rings (SSSR count). The predicted octanol–water partition coefficient (Wildman–Crippen LogP) is -0.142. The number of nitrogens with zero attached hydrogens (tertiary/aromatic N) is 3. The van der Waals surface area contributed by atoms with Gasteiger partial charge in [0.1, 0.15) is 0 Å². The minimum absolute atomic E-state index is 0.117. The predicted molar refractivity (Wildman–Crippen MR) is 77.6 cm³/mol. The minimum atomic E-state index is -3.14. The zero-order chi connectivity index (χ0) is 14.9. The Bertz CT molecular complexity index is 645. The lowest BCUT2D eigenvalue weighted by atomic mass is 10.3. The molecule has 0 radical (unpaired) electrons. The highest BCUT2D eigenvalue weighted by Crippen LogP contribution is 2.13. The Kier molecular flexibility index (Phi) is 4.14. The van der Waals surface area contributed by atoms with Crippen LogP contribution in [0.4, 0.5) is 5.95 Å². The quantitative estimate of drug-likeness (QED) is 0.839. The summed E-state index contributed by atoms with van der Waals surface area (Å²) in [6.07, 6.45) is 0. The van der Waals surface area contributed by atoms with Crippen LogP contribution in [0.1, 0.15) is 18.2 Å². The van der Waals surface area contributed by atoms with Gasteiger partial charge in [0, 0.05) is 37.4 Å². The van der Waals surface area contributed by atoms with Crippen LogP contribution in [0, 0.1) is 13.8 Å². The molecule has 20 heavy (non-hydrogen) atoms. The number of sulfonamides is 1. The standard InChI is InChI=1S/C12H20N4O3S/c1-4-20(18,19)16-7-5-15(6-8-16)12-13-10(3)9(2)11(17)14-12/h4-8H2,1-3H3,(H,13,14,17). The fourth-order valence-electron chi connectivity index (χ4n) is 2.14. The molecule has 1 aromatic rings. The molecule has 0 unspecified atom stereocenters. The average Bonchev–Trinajstić information content (AvgIpc) is 2.44. The first-order valence-corrected chi connectivity index (χ1v) is 8.26. The number of rotatable bonds is 3. The van der Waals surface area contributed by atoms with Crippen molar-refractivity contribution in [1.82, 2.24) is 14.3 Å². The third-order valence-electron chi connectivity index (χ3n) is 3.68. The molecule has 0 bridgehead atoms. The third-order valence-corrected chi connectivity index (χ3v) is 5.56. The van der Waals surface area contributed by atoms with Gasteiger partial charge >= 0.3 is 0 Å². The molecule has 7 nitrogen and oxygen atoms in total. The summed E-state index contributed by atoms with van der Waals surface area (Å²) >= 11 is 0. The van der Waals surface area contributed by atoms with E-state index >= 15 is 0 Å². The highest BCUT2D eigenvalue weighted by Gasteiger charge is 2.26. The molecule has 0 aliphatic carbocycles. The van der Waals surface area contributed by atoms with Crippen molar-refractivity contribution < 1.29 is 8.42 Å². The van der Waals surface area contributed by atoms with Crippen LogP contribution in [0.25, 0.3) is 0 Å². The second-order valence-corrected chi connectivity index (χ2v) is 7.14. The van der Waals surface area contributed by atoms with Gasteiger partial charge in [0.15, 0.2) is 0 Å². The first-order chi connectivity index (χ1) is 9.35. The van der Waals surface area contributed by atoms with Crippen LogP contribution in [-0.2, 0) is 10.0 Å². The molecule has 0 aromatic carbocycles. The van der Waals surface area contributed by atoms with E-state index in [2.05, 4.69) is 9.97 Å². The molecule has 1 aliphatic rings. The van der Waals surface area contributed by atoms with Gasteiger partial charge in [-0.3, -0.25) is 9.78 Å². The molecular formula is C12H20N4O3S. The molecular weight excluding hydrogens is 280 g/mol. The molecule has 1 N–H and O–H groups in total. The average molecular weight is 300 g/mol. The number of hydrogen-bond donors (Lipinski definition) is 1. The van der Waals surface area contributed by atoms with Crippen LogP contribution in [0.2, 0.25) is 0 Å². The molecule has 0 amide bonds. The number of piperazine rings is 1. The first kappa shape index (κ1) is 15.0. The van der Waals surface area contributed by atoms with E-state index in [1.165, 1.54) is 4.31 Å². The number of anilines is 1. The van der Waals surface area contributed by atoms with Crippen molar-refractivity contribution in [2.75, 3.05) is 36.8 Å². The SMILES string of the molecule is CCS(=O)(=O)N1CCN(c2nc(C)c(C)c(=O)[nH]2)CC1. The highest BCUT2D eigenvalue weighted by atomic mass is 32.2. The fraction of sp³-hybridized carbons (Fsp3) is 0.667. The third kappa shape index (κ3) is 2.85. The van der Waals surface area contributed by atoms with E-state index in [0.717, 1.165) is 0 Å². The highest BCUT2D eigenvalue weighted by molar-refractivity contribution is 7.89. The molecule has 0 saturated carbocycles. The molecule has 112 valence electrons. The summed E-state index contributed by atoms with van der Waals surface area (Å²) < 4.78 is 25.1. The summed E-state index contributed by atoms with van der Waals surface area (Å²) in [5, 5.41) is 0. The Balaban J connectivity index is 2.14. The zero-order valence-electron chi connectivity index (χ0n) is 12.0. The van der Waals surface area contributed by atoms with Crippen molar-refractivity contribution in [2.45, 2.75) is 20.8 Å². The van der Waals surface area contributed by atoms with Crippen LogP contribution in [0.3, 0.4) is 0 Å². The van der Waals surface area contributed by atoms with Crippen LogP contribution < -0.4 is 10.5 Å². The number of H-pyrrole nitrogens is 1.